The van der Waals surface area contributed by atoms with E-state index in [-0.39, 0.29) is 35.2 Å². The van der Waals surface area contributed by atoms with E-state index in [9.17, 15) is 13.6 Å². The van der Waals surface area contributed by atoms with E-state index in [0.29, 0.717) is 23.4 Å². The second-order valence-corrected chi connectivity index (χ2v) is 10.2. The number of aromatic nitrogens is 4. The number of pyridine rings is 1. The Morgan fingerprint density at radius 2 is 1.92 bits per heavy atom. The van der Waals surface area contributed by atoms with Gasteiger partial charge in [0.25, 0.3) is 0 Å². The Labute approximate surface area is 225 Å². The number of amides is 1. The molecule has 0 radical (unpaired) electrons. The minimum absolute atomic E-state index is 0.105. The number of methoxy groups -OCH3 is 1. The average Bonchev–Trinajstić information content (AvgIpc) is 3.29. The molecule has 3 heterocycles. The quantitative estimate of drug-likeness (QED) is 0.369. The molecule has 204 valence electrons. The third kappa shape index (κ3) is 5.01. The molecule has 39 heavy (non-hydrogen) atoms. The van der Waals surface area contributed by atoms with E-state index in [0.717, 1.165) is 17.7 Å². The van der Waals surface area contributed by atoms with Gasteiger partial charge in [0.2, 0.25) is 5.95 Å². The van der Waals surface area contributed by atoms with Gasteiger partial charge in [0.15, 0.2) is 0 Å². The number of halogens is 2. The van der Waals surface area contributed by atoms with Gasteiger partial charge in [0.05, 0.1) is 48.0 Å². The molecular formula is C28H31F2N7O2. The standard InChI is InChI=1S/C28H31F2N7O2/c1-15-9-20(29)25(21(30)10-15)23-6-5-18-13-33-27(37(18)35-23)34-24-14-32-8-7-19(24)17-11-16(2)26(22(31)12-17)36(3)28(38)39-4/h5-10,13-14,16-17,22,26H,11-12,31H2,1-4H3,(H,33,34)/t16-,17+,22+,26-/m0/s1. The van der Waals surface area contributed by atoms with Crippen LogP contribution in [0.4, 0.5) is 25.2 Å². The zero-order valence-electron chi connectivity index (χ0n) is 22.2. The first-order chi connectivity index (χ1) is 18.7. The Bertz CT molecular complexity index is 1490. The molecule has 0 unspecified atom stereocenters. The highest BCUT2D eigenvalue weighted by atomic mass is 19.1. The van der Waals surface area contributed by atoms with Crippen molar-refractivity contribution in [3.63, 3.8) is 0 Å². The van der Waals surface area contributed by atoms with Crippen LogP contribution in [-0.4, -0.2) is 56.8 Å². The van der Waals surface area contributed by atoms with Gasteiger partial charge in [-0.15, -0.1) is 0 Å². The van der Waals surface area contributed by atoms with Crippen molar-refractivity contribution in [3.05, 3.63) is 71.7 Å². The second-order valence-electron chi connectivity index (χ2n) is 10.2. The van der Waals surface area contributed by atoms with E-state index in [2.05, 4.69) is 27.3 Å². The maximum absolute atomic E-state index is 14.7. The number of carbonyl (C=O) groups is 1. The molecular weight excluding hydrogens is 504 g/mol. The molecule has 0 spiro atoms. The number of imidazole rings is 1. The Morgan fingerprint density at radius 1 is 1.18 bits per heavy atom. The van der Waals surface area contributed by atoms with Crippen LogP contribution in [0, 0.1) is 24.5 Å². The number of hydrogen-bond donors (Lipinski definition) is 2. The number of rotatable bonds is 5. The first kappa shape index (κ1) is 26.5. The molecule has 4 atom stereocenters. The van der Waals surface area contributed by atoms with Crippen LogP contribution in [0.25, 0.3) is 16.8 Å². The minimum atomic E-state index is -0.678. The van der Waals surface area contributed by atoms with E-state index in [4.69, 9.17) is 10.5 Å². The summed E-state index contributed by atoms with van der Waals surface area (Å²) in [4.78, 5) is 22.5. The van der Waals surface area contributed by atoms with Crippen LogP contribution in [0.15, 0.2) is 48.9 Å². The molecule has 0 aliphatic heterocycles. The monoisotopic (exact) mass is 535 g/mol. The van der Waals surface area contributed by atoms with Crippen LogP contribution >= 0.6 is 0 Å². The van der Waals surface area contributed by atoms with Crippen LogP contribution in [0.2, 0.25) is 0 Å². The van der Waals surface area contributed by atoms with Gasteiger partial charge in [0, 0.05) is 19.3 Å². The fourth-order valence-electron chi connectivity index (χ4n) is 5.80. The average molecular weight is 536 g/mol. The fourth-order valence-corrected chi connectivity index (χ4v) is 5.80. The molecule has 1 aliphatic rings. The second kappa shape index (κ2) is 10.6. The first-order valence-electron chi connectivity index (χ1n) is 12.8. The van der Waals surface area contributed by atoms with Crippen LogP contribution in [0.1, 0.15) is 36.8 Å². The van der Waals surface area contributed by atoms with Crippen molar-refractivity contribution in [1.29, 1.82) is 0 Å². The Hall–Kier alpha value is -4.12. The van der Waals surface area contributed by atoms with E-state index in [1.54, 1.807) is 49.6 Å². The number of nitrogens with two attached hydrogens (primary N) is 1. The third-order valence-corrected chi connectivity index (χ3v) is 7.51. The van der Waals surface area contributed by atoms with Crippen molar-refractivity contribution < 1.29 is 18.3 Å². The van der Waals surface area contributed by atoms with Crippen LogP contribution in [0.5, 0.6) is 0 Å². The topological polar surface area (TPSA) is 111 Å². The van der Waals surface area contributed by atoms with Gasteiger partial charge in [-0.25, -0.2) is 18.6 Å². The lowest BCUT2D eigenvalue weighted by Crippen LogP contribution is -2.55. The number of carbonyl (C=O) groups excluding carboxylic acids is 1. The lowest BCUT2D eigenvalue weighted by Gasteiger charge is -2.43. The van der Waals surface area contributed by atoms with Gasteiger partial charge >= 0.3 is 6.09 Å². The summed E-state index contributed by atoms with van der Waals surface area (Å²) in [5.41, 5.74) is 9.42. The predicted molar refractivity (Wildman–Crippen MR) is 144 cm³/mol. The Kier molecular flexibility index (Phi) is 7.17. The number of fused-ring (bicyclic) bond motifs is 1. The molecule has 1 fully saturated rings. The molecule has 11 heteroatoms. The summed E-state index contributed by atoms with van der Waals surface area (Å²) in [7, 11) is 3.08. The summed E-state index contributed by atoms with van der Waals surface area (Å²) in [5.74, 6) is -0.747. The maximum atomic E-state index is 14.7. The number of nitrogens with zero attached hydrogens (tertiary/aromatic N) is 5. The molecule has 3 aromatic heterocycles. The van der Waals surface area contributed by atoms with Crippen LogP contribution in [-0.2, 0) is 4.74 Å². The van der Waals surface area contributed by atoms with Gasteiger partial charge in [-0.3, -0.25) is 4.98 Å². The Morgan fingerprint density at radius 3 is 2.62 bits per heavy atom. The van der Waals surface area contributed by atoms with Crippen molar-refractivity contribution >= 4 is 23.2 Å². The maximum Gasteiger partial charge on any atom is 0.409 e. The van der Waals surface area contributed by atoms with Crippen molar-refractivity contribution in [2.45, 2.75) is 44.7 Å². The first-order valence-corrected chi connectivity index (χ1v) is 12.8. The van der Waals surface area contributed by atoms with E-state index >= 15 is 0 Å². The van der Waals surface area contributed by atoms with Crippen LogP contribution < -0.4 is 11.1 Å². The molecule has 1 aromatic carbocycles. The largest absolute Gasteiger partial charge is 0.453 e. The van der Waals surface area contributed by atoms with Crippen LogP contribution in [0.3, 0.4) is 0 Å². The molecule has 0 bridgehead atoms. The predicted octanol–water partition coefficient (Wildman–Crippen LogP) is 5.03. The summed E-state index contributed by atoms with van der Waals surface area (Å²) in [6.07, 6.45) is 6.12. The lowest BCUT2D eigenvalue weighted by atomic mass is 9.73. The highest BCUT2D eigenvalue weighted by Gasteiger charge is 2.39. The summed E-state index contributed by atoms with van der Waals surface area (Å²) < 4.78 is 35.7. The highest BCUT2D eigenvalue weighted by Crippen LogP contribution is 2.40. The molecule has 3 N–H and O–H groups in total. The highest BCUT2D eigenvalue weighted by molar-refractivity contribution is 5.68. The van der Waals surface area contributed by atoms with Crippen molar-refractivity contribution in [2.24, 2.45) is 11.7 Å². The summed E-state index contributed by atoms with van der Waals surface area (Å²) in [6, 6.07) is 7.39. The van der Waals surface area contributed by atoms with Crippen molar-refractivity contribution in [2.75, 3.05) is 19.5 Å². The van der Waals surface area contributed by atoms with Crippen molar-refractivity contribution in [1.82, 2.24) is 24.5 Å². The van der Waals surface area contributed by atoms with Gasteiger partial charge in [-0.1, -0.05) is 6.92 Å². The summed E-state index contributed by atoms with van der Waals surface area (Å²) in [5, 5.41) is 7.81. The molecule has 1 saturated carbocycles. The SMILES string of the molecule is COC(=O)N(C)[C@@H]1[C@H](N)C[C@H](c2ccncc2Nc2ncc3ccc(-c4c(F)cc(C)cc4F)nn23)C[C@@H]1C. The number of anilines is 2. The molecule has 0 saturated heterocycles. The summed E-state index contributed by atoms with van der Waals surface area (Å²) in [6.45, 7) is 3.72. The van der Waals surface area contributed by atoms with Gasteiger partial charge in [-0.05, 0) is 73.1 Å². The molecule has 1 amide bonds. The van der Waals surface area contributed by atoms with E-state index in [1.165, 1.54) is 23.8 Å². The lowest BCUT2D eigenvalue weighted by molar-refractivity contribution is 0.0778. The van der Waals surface area contributed by atoms with E-state index in [1.807, 2.05) is 6.07 Å². The van der Waals surface area contributed by atoms with Gasteiger partial charge in [0.1, 0.15) is 11.6 Å². The zero-order valence-corrected chi connectivity index (χ0v) is 22.2. The Balaban J connectivity index is 1.44. The zero-order chi connectivity index (χ0) is 27.8. The number of likely N-dealkylation sites (N-methyl/N-ethyl adjacent to an activating group) is 1. The molecule has 4 aromatic rings. The number of hydrogen-bond acceptors (Lipinski definition) is 7. The number of ether oxygens (including phenoxy) is 1. The van der Waals surface area contributed by atoms with Gasteiger partial charge in [-0.2, -0.15) is 9.61 Å². The molecule has 1 aliphatic carbocycles. The minimum Gasteiger partial charge on any atom is -0.453 e. The van der Waals surface area contributed by atoms with Gasteiger partial charge < -0.3 is 20.7 Å². The number of aryl methyl sites for hydroxylation is 1. The van der Waals surface area contributed by atoms with E-state index < -0.39 is 17.7 Å². The molecule has 5 rings (SSSR count). The number of benzene rings is 1. The molecule has 9 nitrogen and oxygen atoms in total. The summed E-state index contributed by atoms with van der Waals surface area (Å²) >= 11 is 0. The number of nitrogens with one attached hydrogen (secondary N) is 1. The smallest absolute Gasteiger partial charge is 0.409 e. The fraction of sp³-hybridized carbons (Fsp3) is 0.357. The third-order valence-electron chi connectivity index (χ3n) is 7.51. The normalized spacial score (nSPS) is 21.1. The van der Waals surface area contributed by atoms with Crippen molar-refractivity contribution in [3.8, 4) is 11.3 Å².